The first-order valence-corrected chi connectivity index (χ1v) is 13.7. The Balaban J connectivity index is 1.89. The summed E-state index contributed by atoms with van der Waals surface area (Å²) in [6, 6.07) is 10.1. The van der Waals surface area contributed by atoms with Crippen molar-refractivity contribution in [3.8, 4) is 23.0 Å². The van der Waals surface area contributed by atoms with E-state index >= 15 is 0 Å². The van der Waals surface area contributed by atoms with Crippen LogP contribution in [0, 0.1) is 0 Å². The van der Waals surface area contributed by atoms with Crippen LogP contribution < -0.4 is 33.8 Å². The molecule has 0 N–H and O–H groups in total. The largest absolute Gasteiger partial charge is 0.494 e. The van der Waals surface area contributed by atoms with Gasteiger partial charge < -0.3 is 23.7 Å². The van der Waals surface area contributed by atoms with Crippen LogP contribution in [0.2, 0.25) is 0 Å². The summed E-state index contributed by atoms with van der Waals surface area (Å²) in [5.41, 5.74) is 1.34. The number of aromatic nitrogens is 1. The van der Waals surface area contributed by atoms with Gasteiger partial charge >= 0.3 is 5.97 Å². The van der Waals surface area contributed by atoms with Gasteiger partial charge in [-0.1, -0.05) is 17.4 Å². The summed E-state index contributed by atoms with van der Waals surface area (Å²) in [5.74, 6) is 1.82. The third kappa shape index (κ3) is 5.85. The fourth-order valence-corrected chi connectivity index (χ4v) is 5.26. The van der Waals surface area contributed by atoms with E-state index in [0.717, 1.165) is 5.56 Å². The molecule has 0 unspecified atom stereocenters. The molecule has 1 aliphatic rings. The molecule has 0 saturated carbocycles. The molecule has 0 radical (unpaired) electrons. The molecular formula is C29H32N2O7S. The molecule has 1 aliphatic heterocycles. The van der Waals surface area contributed by atoms with Crippen LogP contribution in [0.1, 0.15) is 44.9 Å². The van der Waals surface area contributed by atoms with Gasteiger partial charge in [-0.3, -0.25) is 9.36 Å². The van der Waals surface area contributed by atoms with E-state index in [1.807, 2.05) is 52.0 Å². The number of fused-ring (bicyclic) bond motifs is 1. The van der Waals surface area contributed by atoms with E-state index in [2.05, 4.69) is 4.99 Å². The fraction of sp³-hybridized carbons (Fsp3) is 0.345. The summed E-state index contributed by atoms with van der Waals surface area (Å²) < 4.78 is 29.9. The summed E-state index contributed by atoms with van der Waals surface area (Å²) in [4.78, 5) is 31.5. The summed E-state index contributed by atoms with van der Waals surface area (Å²) in [5, 5.41) is 0. The second kappa shape index (κ2) is 12.7. The highest BCUT2D eigenvalue weighted by atomic mass is 32.1. The number of rotatable bonds is 11. The topological polar surface area (TPSA) is 97.6 Å². The molecule has 0 bridgehead atoms. The van der Waals surface area contributed by atoms with E-state index < -0.39 is 12.0 Å². The van der Waals surface area contributed by atoms with Crippen LogP contribution in [0.4, 0.5) is 0 Å². The number of carbonyl (C=O) groups excluding carboxylic acids is 1. The van der Waals surface area contributed by atoms with Gasteiger partial charge in [0.2, 0.25) is 0 Å². The Hall–Kier alpha value is -4.05. The first kappa shape index (κ1) is 28.0. The van der Waals surface area contributed by atoms with E-state index in [1.165, 1.54) is 29.2 Å². The van der Waals surface area contributed by atoms with Gasteiger partial charge in [-0.25, -0.2) is 9.79 Å². The fourth-order valence-electron chi connectivity index (χ4n) is 4.30. The number of carbonyl (C=O) groups is 1. The van der Waals surface area contributed by atoms with Crippen molar-refractivity contribution in [1.82, 2.24) is 4.57 Å². The van der Waals surface area contributed by atoms with Gasteiger partial charge in [-0.05, 0) is 63.6 Å². The van der Waals surface area contributed by atoms with Crippen molar-refractivity contribution in [2.24, 2.45) is 4.99 Å². The predicted molar refractivity (Wildman–Crippen MR) is 149 cm³/mol. The van der Waals surface area contributed by atoms with Crippen LogP contribution in [-0.4, -0.2) is 44.1 Å². The van der Waals surface area contributed by atoms with Crippen molar-refractivity contribution in [3.63, 3.8) is 0 Å². The molecule has 206 valence electrons. The van der Waals surface area contributed by atoms with Crippen molar-refractivity contribution >= 4 is 23.4 Å². The van der Waals surface area contributed by atoms with Crippen LogP contribution in [0.3, 0.4) is 0 Å². The zero-order valence-electron chi connectivity index (χ0n) is 22.7. The first-order valence-electron chi connectivity index (χ1n) is 12.8. The third-order valence-corrected chi connectivity index (χ3v) is 6.89. The van der Waals surface area contributed by atoms with Gasteiger partial charge in [0.1, 0.15) is 11.5 Å². The van der Waals surface area contributed by atoms with Gasteiger partial charge in [0, 0.05) is 17.8 Å². The first-order chi connectivity index (χ1) is 18.9. The van der Waals surface area contributed by atoms with Crippen LogP contribution in [0.5, 0.6) is 23.0 Å². The molecule has 1 atom stereocenters. The Morgan fingerprint density at radius 1 is 0.923 bits per heavy atom. The Bertz CT molecular complexity index is 1550. The number of benzene rings is 2. The van der Waals surface area contributed by atoms with Gasteiger partial charge in [0.25, 0.3) is 5.56 Å². The maximum absolute atomic E-state index is 13.9. The quantitative estimate of drug-likeness (QED) is 0.335. The summed E-state index contributed by atoms with van der Waals surface area (Å²) >= 11 is 1.23. The van der Waals surface area contributed by atoms with Crippen LogP contribution in [-0.2, 0) is 9.53 Å². The van der Waals surface area contributed by atoms with Crippen molar-refractivity contribution < 1.29 is 28.5 Å². The van der Waals surface area contributed by atoms with Gasteiger partial charge in [0.15, 0.2) is 16.3 Å². The Morgan fingerprint density at radius 2 is 1.62 bits per heavy atom. The average Bonchev–Trinajstić information content (AvgIpc) is 3.25. The highest BCUT2D eigenvalue weighted by Gasteiger charge is 2.31. The van der Waals surface area contributed by atoms with Gasteiger partial charge in [-0.15, -0.1) is 0 Å². The number of thiazole rings is 1. The minimum Gasteiger partial charge on any atom is -0.494 e. The lowest BCUT2D eigenvalue weighted by molar-refractivity contribution is -0.136. The predicted octanol–water partition coefficient (Wildman–Crippen LogP) is 3.61. The Labute approximate surface area is 230 Å². The van der Waals surface area contributed by atoms with E-state index in [4.69, 9.17) is 23.7 Å². The number of methoxy groups -OCH3 is 1. The second-order valence-electron chi connectivity index (χ2n) is 8.31. The number of esters is 1. The van der Waals surface area contributed by atoms with E-state index in [1.54, 1.807) is 18.2 Å². The SMILES string of the molecule is CCOc1ccc(/C=c2\sc3n(c2=O)[C@H](c2ccc(OCC)c(OCC)c2)C(C(=O)OC)=CN=3)c(OCC)c1. The molecule has 9 nitrogen and oxygen atoms in total. The number of hydrogen-bond donors (Lipinski definition) is 0. The van der Waals surface area contributed by atoms with Gasteiger partial charge in [-0.2, -0.15) is 0 Å². The highest BCUT2D eigenvalue weighted by Crippen LogP contribution is 2.35. The molecule has 2 heterocycles. The van der Waals surface area contributed by atoms with Crippen LogP contribution >= 0.6 is 11.3 Å². The summed E-state index contributed by atoms with van der Waals surface area (Å²) in [7, 11) is 1.30. The molecule has 3 aromatic rings. The summed E-state index contributed by atoms with van der Waals surface area (Å²) in [6.45, 7) is 9.46. The molecule has 0 spiro atoms. The smallest absolute Gasteiger partial charge is 0.337 e. The van der Waals surface area contributed by atoms with Crippen molar-refractivity contribution in [1.29, 1.82) is 0 Å². The number of ether oxygens (including phenoxy) is 5. The van der Waals surface area contributed by atoms with Crippen LogP contribution in [0.15, 0.2) is 58.0 Å². The van der Waals surface area contributed by atoms with Crippen LogP contribution in [0.25, 0.3) is 6.08 Å². The molecule has 39 heavy (non-hydrogen) atoms. The summed E-state index contributed by atoms with van der Waals surface area (Å²) in [6.07, 6.45) is 3.23. The normalized spacial score (nSPS) is 14.6. The molecule has 0 aliphatic carbocycles. The molecule has 0 fully saturated rings. The van der Waals surface area contributed by atoms with E-state index in [0.29, 0.717) is 64.3 Å². The molecule has 10 heteroatoms. The van der Waals surface area contributed by atoms with Gasteiger partial charge in [0.05, 0.1) is 49.7 Å². The maximum atomic E-state index is 13.9. The lowest BCUT2D eigenvalue weighted by Gasteiger charge is -2.23. The van der Waals surface area contributed by atoms with E-state index in [-0.39, 0.29) is 11.1 Å². The molecule has 0 saturated heterocycles. The second-order valence-corrected chi connectivity index (χ2v) is 9.32. The minimum atomic E-state index is -0.766. The zero-order chi connectivity index (χ0) is 27.9. The molecule has 0 amide bonds. The average molecular weight is 553 g/mol. The number of hydrogen-bond acceptors (Lipinski definition) is 9. The van der Waals surface area contributed by atoms with Crippen molar-refractivity contribution in [2.75, 3.05) is 33.5 Å². The van der Waals surface area contributed by atoms with Crippen molar-refractivity contribution in [3.05, 3.63) is 79.0 Å². The zero-order valence-corrected chi connectivity index (χ0v) is 23.5. The lowest BCUT2D eigenvalue weighted by Crippen LogP contribution is -2.39. The third-order valence-electron chi connectivity index (χ3n) is 5.89. The molecule has 1 aromatic heterocycles. The standard InChI is InChI=1S/C29H32N2O7S/c1-6-35-20-12-10-18(23(16-20)37-8-3)15-25-27(32)31-26(21(28(33)34-5)17-30-29(31)39-25)19-11-13-22(36-7-2)24(14-19)38-9-4/h10-17,26H,6-9H2,1-5H3/b25-15-/t26-/m1/s1. The Morgan fingerprint density at radius 3 is 2.31 bits per heavy atom. The van der Waals surface area contributed by atoms with Crippen molar-refractivity contribution in [2.45, 2.75) is 33.7 Å². The molecule has 4 rings (SSSR count). The lowest BCUT2D eigenvalue weighted by atomic mass is 9.97. The molecular weight excluding hydrogens is 520 g/mol. The monoisotopic (exact) mass is 552 g/mol. The molecule has 2 aromatic carbocycles. The minimum absolute atomic E-state index is 0.235. The highest BCUT2D eigenvalue weighted by molar-refractivity contribution is 7.07. The maximum Gasteiger partial charge on any atom is 0.337 e. The van der Waals surface area contributed by atoms with E-state index in [9.17, 15) is 9.59 Å². The Kier molecular flexibility index (Phi) is 9.08. The number of nitrogens with zero attached hydrogens (tertiary/aromatic N) is 2.